The number of benzene rings is 1. The number of thiazole rings is 1. The molecule has 0 spiro atoms. The van der Waals surface area contributed by atoms with Gasteiger partial charge in [0.15, 0.2) is 5.65 Å². The van der Waals surface area contributed by atoms with E-state index in [1.807, 2.05) is 62.3 Å². The highest BCUT2D eigenvalue weighted by Gasteiger charge is 2.46. The Bertz CT molecular complexity index is 1340. The zero-order valence-corrected chi connectivity index (χ0v) is 20.2. The topological polar surface area (TPSA) is 80.9 Å². The van der Waals surface area contributed by atoms with Gasteiger partial charge < -0.3 is 18.8 Å². The van der Waals surface area contributed by atoms with Crippen LogP contribution in [0.5, 0.6) is 10.9 Å². The van der Waals surface area contributed by atoms with Crippen molar-refractivity contribution in [2.75, 3.05) is 13.1 Å². The number of amides is 1. The maximum Gasteiger partial charge on any atom is 0.410 e. The van der Waals surface area contributed by atoms with E-state index < -0.39 is 5.60 Å². The molecule has 8 nitrogen and oxygen atoms in total. The van der Waals surface area contributed by atoms with Crippen LogP contribution in [-0.2, 0) is 11.3 Å². The third-order valence-electron chi connectivity index (χ3n) is 6.33. The van der Waals surface area contributed by atoms with Crippen molar-refractivity contribution in [2.24, 2.45) is 0 Å². The van der Waals surface area contributed by atoms with E-state index in [-0.39, 0.29) is 12.1 Å². The molecule has 2 fully saturated rings. The second kappa shape index (κ2) is 7.95. The van der Waals surface area contributed by atoms with Crippen LogP contribution in [0, 0.1) is 0 Å². The Morgan fingerprint density at radius 3 is 2.88 bits per heavy atom. The summed E-state index contributed by atoms with van der Waals surface area (Å²) in [4.78, 5) is 25.5. The van der Waals surface area contributed by atoms with Crippen LogP contribution in [0.15, 0.2) is 47.2 Å². The number of furan rings is 1. The summed E-state index contributed by atoms with van der Waals surface area (Å²) < 4.78 is 18.4. The van der Waals surface area contributed by atoms with Crippen molar-refractivity contribution >= 4 is 38.7 Å². The summed E-state index contributed by atoms with van der Waals surface area (Å²) >= 11 is 1.47. The molecule has 0 unspecified atom stereocenters. The molecular weight excluding hydrogens is 452 g/mol. The Morgan fingerprint density at radius 1 is 1.24 bits per heavy atom. The van der Waals surface area contributed by atoms with Crippen molar-refractivity contribution in [1.29, 1.82) is 0 Å². The summed E-state index contributed by atoms with van der Waals surface area (Å²) in [6, 6.07) is 10.3. The highest BCUT2D eigenvalue weighted by molar-refractivity contribution is 7.20. The maximum atomic E-state index is 12.5. The van der Waals surface area contributed by atoms with Gasteiger partial charge in [-0.1, -0.05) is 11.3 Å². The highest BCUT2D eigenvalue weighted by Crippen LogP contribution is 2.36. The first kappa shape index (κ1) is 21.4. The lowest BCUT2D eigenvalue weighted by atomic mass is 10.1. The number of carbonyl (C=O) groups is 1. The van der Waals surface area contributed by atoms with Gasteiger partial charge in [-0.3, -0.25) is 4.90 Å². The number of fused-ring (bicyclic) bond motifs is 4. The molecule has 2 aliphatic heterocycles. The predicted molar refractivity (Wildman–Crippen MR) is 129 cm³/mol. The molecule has 0 saturated carbocycles. The molecule has 0 N–H and O–H groups in total. The van der Waals surface area contributed by atoms with Gasteiger partial charge in [-0.2, -0.15) is 4.98 Å². The molecular formula is C25H26N4O4S. The molecule has 9 heteroatoms. The van der Waals surface area contributed by atoms with Crippen LogP contribution in [0.25, 0.3) is 21.3 Å². The van der Waals surface area contributed by atoms with Gasteiger partial charge >= 0.3 is 6.09 Å². The van der Waals surface area contributed by atoms with E-state index >= 15 is 0 Å². The zero-order chi connectivity index (χ0) is 23.4. The molecule has 0 radical (unpaired) electrons. The molecule has 1 aromatic carbocycles. The number of rotatable bonds is 4. The standard InChI is InChI=1S/C25H26N4O4S/c1-25(2,3)33-24(30)29-13-16-9-17(29)12-28(16)11-15-14-31-20-10-18(6-7-19(15)20)32-23-27-22-21(34-23)5-4-8-26-22/h4-8,10,14,16-17H,9,11-13H2,1-3H3/t16-,17-/m0/s1. The predicted octanol–water partition coefficient (Wildman–Crippen LogP) is 5.42. The molecule has 2 bridgehead atoms. The fraction of sp³-hybridized carbons (Fsp3) is 0.400. The number of nitrogens with zero attached hydrogens (tertiary/aromatic N) is 4. The van der Waals surface area contributed by atoms with Crippen LogP contribution in [0.2, 0.25) is 0 Å². The SMILES string of the molecule is CC(C)(C)OC(=O)N1C[C@@H]2C[C@H]1CN2Cc1coc2cc(Oc3nc4ncccc4s3)ccc12. The van der Waals surface area contributed by atoms with Crippen molar-refractivity contribution in [2.45, 2.75) is 51.4 Å². The summed E-state index contributed by atoms with van der Waals surface area (Å²) in [6.45, 7) is 8.07. The first-order valence-corrected chi connectivity index (χ1v) is 12.3. The van der Waals surface area contributed by atoms with E-state index in [0.717, 1.165) is 40.7 Å². The molecule has 2 saturated heterocycles. The van der Waals surface area contributed by atoms with E-state index in [2.05, 4.69) is 14.9 Å². The van der Waals surface area contributed by atoms with Crippen LogP contribution in [0.4, 0.5) is 4.79 Å². The second-order valence-corrected chi connectivity index (χ2v) is 10.9. The van der Waals surface area contributed by atoms with E-state index in [1.165, 1.54) is 11.3 Å². The van der Waals surface area contributed by atoms with E-state index in [0.29, 0.717) is 29.2 Å². The molecule has 5 heterocycles. The number of carbonyl (C=O) groups excluding carboxylic acids is 1. The Labute approximate surface area is 201 Å². The number of ether oxygens (including phenoxy) is 2. The molecule has 176 valence electrons. The Morgan fingerprint density at radius 2 is 2.12 bits per heavy atom. The third-order valence-corrected chi connectivity index (χ3v) is 7.22. The molecule has 2 aliphatic rings. The Kier molecular flexibility index (Phi) is 5.00. The van der Waals surface area contributed by atoms with Crippen LogP contribution >= 0.6 is 11.3 Å². The largest absolute Gasteiger partial charge is 0.464 e. The fourth-order valence-corrected chi connectivity index (χ4v) is 5.64. The number of pyridine rings is 1. The molecule has 2 atom stereocenters. The molecule has 0 aliphatic carbocycles. The number of hydrogen-bond acceptors (Lipinski definition) is 8. The minimum atomic E-state index is -0.471. The number of aromatic nitrogens is 2. The normalized spacial score (nSPS) is 20.5. The Hall–Kier alpha value is -3.17. The minimum Gasteiger partial charge on any atom is -0.464 e. The van der Waals surface area contributed by atoms with E-state index in [9.17, 15) is 4.79 Å². The second-order valence-electron chi connectivity index (χ2n) is 9.93. The van der Waals surface area contributed by atoms with Crippen molar-refractivity contribution < 1.29 is 18.7 Å². The first-order valence-electron chi connectivity index (χ1n) is 11.5. The lowest BCUT2D eigenvalue weighted by Gasteiger charge is -2.35. The van der Waals surface area contributed by atoms with Gasteiger partial charge in [0.05, 0.1) is 11.0 Å². The lowest BCUT2D eigenvalue weighted by molar-refractivity contribution is 0.0124. The van der Waals surface area contributed by atoms with E-state index in [4.69, 9.17) is 13.9 Å². The number of likely N-dealkylation sites (tertiary alicyclic amines) is 2. The minimum absolute atomic E-state index is 0.204. The Balaban J connectivity index is 1.13. The molecule has 6 rings (SSSR count). The van der Waals surface area contributed by atoms with Gasteiger partial charge in [0.25, 0.3) is 5.19 Å². The van der Waals surface area contributed by atoms with Gasteiger partial charge in [0, 0.05) is 54.9 Å². The first-order chi connectivity index (χ1) is 16.3. The van der Waals surface area contributed by atoms with Crippen LogP contribution in [0.3, 0.4) is 0 Å². The molecule has 34 heavy (non-hydrogen) atoms. The quantitative estimate of drug-likeness (QED) is 0.387. The van der Waals surface area contributed by atoms with Gasteiger partial charge in [-0.05, 0) is 51.5 Å². The smallest absolute Gasteiger partial charge is 0.410 e. The summed E-state index contributed by atoms with van der Waals surface area (Å²) in [7, 11) is 0. The van der Waals surface area contributed by atoms with Crippen molar-refractivity contribution in [3.63, 3.8) is 0 Å². The van der Waals surface area contributed by atoms with Crippen molar-refractivity contribution in [3.05, 3.63) is 48.4 Å². The van der Waals surface area contributed by atoms with Gasteiger partial charge in [-0.25, -0.2) is 9.78 Å². The summed E-state index contributed by atoms with van der Waals surface area (Å²) in [5.74, 6) is 0.681. The average molecular weight is 479 g/mol. The van der Waals surface area contributed by atoms with Crippen LogP contribution < -0.4 is 4.74 Å². The highest BCUT2D eigenvalue weighted by atomic mass is 32.1. The maximum absolute atomic E-state index is 12.5. The van der Waals surface area contributed by atoms with Crippen molar-refractivity contribution in [1.82, 2.24) is 19.8 Å². The summed E-state index contributed by atoms with van der Waals surface area (Å²) in [5, 5.41) is 1.63. The number of hydrogen-bond donors (Lipinski definition) is 0. The number of piperazine rings is 1. The average Bonchev–Trinajstić information content (AvgIpc) is 3.55. The third kappa shape index (κ3) is 3.99. The summed E-state index contributed by atoms with van der Waals surface area (Å²) in [6.07, 6.45) is 4.34. The molecule has 4 aromatic rings. The van der Waals surface area contributed by atoms with E-state index in [1.54, 1.807) is 6.20 Å². The molecule has 3 aromatic heterocycles. The van der Waals surface area contributed by atoms with Crippen LogP contribution in [0.1, 0.15) is 32.8 Å². The van der Waals surface area contributed by atoms with Gasteiger partial charge in [0.1, 0.15) is 16.9 Å². The van der Waals surface area contributed by atoms with Gasteiger partial charge in [-0.15, -0.1) is 0 Å². The van der Waals surface area contributed by atoms with Crippen molar-refractivity contribution in [3.8, 4) is 10.9 Å². The summed E-state index contributed by atoms with van der Waals surface area (Å²) in [5.41, 5.74) is 2.14. The fourth-order valence-electron chi connectivity index (χ4n) is 4.85. The van der Waals surface area contributed by atoms with Crippen LogP contribution in [-0.4, -0.2) is 56.6 Å². The van der Waals surface area contributed by atoms with Gasteiger partial charge in [0.2, 0.25) is 0 Å². The molecule has 1 amide bonds. The lowest BCUT2D eigenvalue weighted by Crippen LogP contribution is -2.49. The monoisotopic (exact) mass is 478 g/mol. The zero-order valence-electron chi connectivity index (χ0n) is 19.4.